The first kappa shape index (κ1) is 11.1. The number of hydrogen-bond acceptors (Lipinski definition) is 3. The summed E-state index contributed by atoms with van der Waals surface area (Å²) in [5, 5.41) is 8.97. The summed E-state index contributed by atoms with van der Waals surface area (Å²) >= 11 is 0. The average Bonchev–Trinajstić information content (AvgIpc) is 2.54. The van der Waals surface area contributed by atoms with E-state index >= 15 is 0 Å². The molecule has 0 radical (unpaired) electrons. The summed E-state index contributed by atoms with van der Waals surface area (Å²) in [5.74, 6) is -0.703. The minimum Gasteiger partial charge on any atom is -0.269 e. The Kier molecular flexibility index (Phi) is 2.52. The number of nitrogens with zero attached hydrogens (tertiary/aromatic N) is 2. The van der Waals surface area contributed by atoms with E-state index in [0.29, 0.717) is 22.4 Å². The zero-order valence-electron chi connectivity index (χ0n) is 9.52. The molecule has 0 unspecified atom stereocenters. The van der Waals surface area contributed by atoms with E-state index in [4.69, 9.17) is 5.26 Å². The van der Waals surface area contributed by atoms with Crippen LogP contribution < -0.4 is 4.90 Å². The quantitative estimate of drug-likeness (QED) is 0.685. The Bertz CT molecular complexity index is 570. The summed E-state index contributed by atoms with van der Waals surface area (Å²) in [6.45, 7) is 3.23. The van der Waals surface area contributed by atoms with Gasteiger partial charge < -0.3 is 0 Å². The van der Waals surface area contributed by atoms with Gasteiger partial charge >= 0.3 is 0 Å². The third-order valence-corrected chi connectivity index (χ3v) is 2.88. The minimum absolute atomic E-state index is 0.316. The fourth-order valence-corrected chi connectivity index (χ4v) is 1.73. The number of nitriles is 1. The van der Waals surface area contributed by atoms with Gasteiger partial charge in [0.25, 0.3) is 11.8 Å². The lowest BCUT2D eigenvalue weighted by Gasteiger charge is -2.15. The smallest absolute Gasteiger partial charge is 0.261 e. The zero-order valence-corrected chi connectivity index (χ0v) is 9.52. The van der Waals surface area contributed by atoms with Gasteiger partial charge in [0, 0.05) is 11.1 Å². The Balaban J connectivity index is 2.55. The number of carbonyl (C=O) groups excluding carboxylic acids is 2. The van der Waals surface area contributed by atoms with Crippen LogP contribution >= 0.6 is 0 Å². The first-order valence-corrected chi connectivity index (χ1v) is 5.13. The predicted octanol–water partition coefficient (Wildman–Crippen LogP) is 1.77. The summed E-state index contributed by atoms with van der Waals surface area (Å²) in [4.78, 5) is 24.9. The number of benzene rings is 1. The van der Waals surface area contributed by atoms with Crippen molar-refractivity contribution in [1.82, 2.24) is 0 Å². The van der Waals surface area contributed by atoms with Crippen molar-refractivity contribution in [2.75, 3.05) is 4.90 Å². The summed E-state index contributed by atoms with van der Waals surface area (Å²) in [6, 6.07) is 8.55. The van der Waals surface area contributed by atoms with Gasteiger partial charge in [0.15, 0.2) is 0 Å². The molecule has 4 heteroatoms. The van der Waals surface area contributed by atoms with Gasteiger partial charge in [0.05, 0.1) is 11.3 Å². The molecule has 1 aromatic rings. The van der Waals surface area contributed by atoms with E-state index < -0.39 is 0 Å². The number of carbonyl (C=O) groups is 2. The standard InChI is InChI=1S/C13H10N2O2/c1-8-9(2)13(17)15(12(8)16)11-6-4-3-5-10(11)7-14/h3-6H,1-2H3. The van der Waals surface area contributed by atoms with Crippen LogP contribution in [0, 0.1) is 11.3 Å². The van der Waals surface area contributed by atoms with Crippen LogP contribution in [0.4, 0.5) is 5.69 Å². The Labute approximate surface area is 98.8 Å². The highest BCUT2D eigenvalue weighted by atomic mass is 16.2. The van der Waals surface area contributed by atoms with Gasteiger partial charge in [-0.05, 0) is 26.0 Å². The van der Waals surface area contributed by atoms with Crippen molar-refractivity contribution in [3.05, 3.63) is 41.0 Å². The van der Waals surface area contributed by atoms with Crippen LogP contribution in [0.25, 0.3) is 0 Å². The molecule has 2 rings (SSSR count). The van der Waals surface area contributed by atoms with Crippen LogP contribution in [-0.4, -0.2) is 11.8 Å². The molecule has 17 heavy (non-hydrogen) atoms. The fourth-order valence-electron chi connectivity index (χ4n) is 1.73. The van der Waals surface area contributed by atoms with Gasteiger partial charge in [-0.1, -0.05) is 12.1 Å². The molecule has 0 saturated carbocycles. The van der Waals surface area contributed by atoms with Crippen LogP contribution in [0.15, 0.2) is 35.4 Å². The van der Waals surface area contributed by atoms with Crippen molar-refractivity contribution >= 4 is 17.5 Å². The number of anilines is 1. The first-order valence-electron chi connectivity index (χ1n) is 5.13. The fraction of sp³-hybridized carbons (Fsp3) is 0.154. The third-order valence-electron chi connectivity index (χ3n) is 2.88. The Morgan fingerprint density at radius 2 is 1.59 bits per heavy atom. The highest BCUT2D eigenvalue weighted by molar-refractivity contribution is 6.32. The molecule has 0 aromatic heterocycles. The molecule has 1 aromatic carbocycles. The molecule has 1 aliphatic heterocycles. The third kappa shape index (κ3) is 1.53. The average molecular weight is 226 g/mol. The minimum atomic E-state index is -0.352. The van der Waals surface area contributed by atoms with Crippen molar-refractivity contribution in [3.8, 4) is 6.07 Å². The Morgan fingerprint density at radius 1 is 1.06 bits per heavy atom. The predicted molar refractivity (Wildman–Crippen MR) is 62.0 cm³/mol. The number of rotatable bonds is 1. The molecule has 0 bridgehead atoms. The van der Waals surface area contributed by atoms with E-state index in [-0.39, 0.29) is 11.8 Å². The summed E-state index contributed by atoms with van der Waals surface area (Å²) in [7, 11) is 0. The van der Waals surface area contributed by atoms with Crippen molar-refractivity contribution in [3.63, 3.8) is 0 Å². The number of para-hydroxylation sites is 1. The SMILES string of the molecule is CC1=C(C)C(=O)N(c2ccccc2C#N)C1=O. The lowest BCUT2D eigenvalue weighted by atomic mass is 10.2. The molecule has 0 aliphatic carbocycles. The molecule has 1 aliphatic rings. The largest absolute Gasteiger partial charge is 0.269 e. The molecule has 2 amide bonds. The monoisotopic (exact) mass is 226 g/mol. The molecule has 4 nitrogen and oxygen atoms in total. The van der Waals surface area contributed by atoms with Crippen LogP contribution in [0.2, 0.25) is 0 Å². The molecule has 0 fully saturated rings. The highest BCUT2D eigenvalue weighted by Crippen LogP contribution is 2.28. The van der Waals surface area contributed by atoms with E-state index in [1.807, 2.05) is 6.07 Å². The molecular formula is C13H10N2O2. The van der Waals surface area contributed by atoms with Gasteiger partial charge in [0.1, 0.15) is 6.07 Å². The van der Waals surface area contributed by atoms with E-state index in [0.717, 1.165) is 4.90 Å². The lowest BCUT2D eigenvalue weighted by molar-refractivity contribution is -0.120. The van der Waals surface area contributed by atoms with Crippen molar-refractivity contribution in [2.24, 2.45) is 0 Å². The molecule has 84 valence electrons. The van der Waals surface area contributed by atoms with Crippen LogP contribution in [0.3, 0.4) is 0 Å². The second-order valence-corrected chi connectivity index (χ2v) is 3.82. The van der Waals surface area contributed by atoms with Gasteiger partial charge in [-0.3, -0.25) is 9.59 Å². The van der Waals surface area contributed by atoms with E-state index in [1.54, 1.807) is 38.1 Å². The number of imide groups is 1. The molecule has 0 atom stereocenters. The second kappa shape index (κ2) is 3.87. The van der Waals surface area contributed by atoms with Crippen molar-refractivity contribution < 1.29 is 9.59 Å². The Morgan fingerprint density at radius 3 is 2.12 bits per heavy atom. The van der Waals surface area contributed by atoms with Gasteiger partial charge in [-0.25, -0.2) is 4.90 Å². The molecular weight excluding hydrogens is 216 g/mol. The maximum atomic E-state index is 11.9. The molecule has 0 N–H and O–H groups in total. The zero-order chi connectivity index (χ0) is 12.6. The van der Waals surface area contributed by atoms with Crippen LogP contribution in [0.1, 0.15) is 19.4 Å². The molecule has 1 heterocycles. The van der Waals surface area contributed by atoms with Gasteiger partial charge in [-0.2, -0.15) is 5.26 Å². The van der Waals surface area contributed by atoms with E-state index in [1.165, 1.54) is 0 Å². The maximum absolute atomic E-state index is 11.9. The molecule has 0 saturated heterocycles. The molecule has 0 spiro atoms. The van der Waals surface area contributed by atoms with Gasteiger partial charge in [-0.15, -0.1) is 0 Å². The van der Waals surface area contributed by atoms with Crippen LogP contribution in [0.5, 0.6) is 0 Å². The highest BCUT2D eigenvalue weighted by Gasteiger charge is 2.35. The summed E-state index contributed by atoms with van der Waals surface area (Å²) in [5.41, 5.74) is 1.53. The summed E-state index contributed by atoms with van der Waals surface area (Å²) < 4.78 is 0. The lowest BCUT2D eigenvalue weighted by Crippen LogP contribution is -2.31. The van der Waals surface area contributed by atoms with Gasteiger partial charge in [0.2, 0.25) is 0 Å². The van der Waals surface area contributed by atoms with Crippen molar-refractivity contribution in [1.29, 1.82) is 5.26 Å². The normalized spacial score (nSPS) is 15.5. The number of hydrogen-bond donors (Lipinski definition) is 0. The van der Waals surface area contributed by atoms with Crippen molar-refractivity contribution in [2.45, 2.75) is 13.8 Å². The van der Waals surface area contributed by atoms with E-state index in [9.17, 15) is 9.59 Å². The first-order chi connectivity index (χ1) is 8.07. The topological polar surface area (TPSA) is 61.2 Å². The van der Waals surface area contributed by atoms with E-state index in [2.05, 4.69) is 0 Å². The van der Waals surface area contributed by atoms with Crippen LogP contribution in [-0.2, 0) is 9.59 Å². The second-order valence-electron chi connectivity index (χ2n) is 3.82. The summed E-state index contributed by atoms with van der Waals surface area (Å²) in [6.07, 6.45) is 0. The maximum Gasteiger partial charge on any atom is 0.261 e. The Hall–Kier alpha value is -2.41. The number of amides is 2.